The summed E-state index contributed by atoms with van der Waals surface area (Å²) < 4.78 is 2.28. The van der Waals surface area contributed by atoms with Crippen molar-refractivity contribution in [2.24, 2.45) is 0 Å². The Balaban J connectivity index is 2.24. The number of hydrogen-bond donors (Lipinski definition) is 1. The van der Waals surface area contributed by atoms with E-state index in [1.807, 2.05) is 20.8 Å². The molecule has 0 unspecified atom stereocenters. The van der Waals surface area contributed by atoms with E-state index in [2.05, 4.69) is 20.5 Å². The zero-order valence-corrected chi connectivity index (χ0v) is 11.6. The quantitative estimate of drug-likeness (QED) is 0.917. The number of aromatic nitrogens is 5. The van der Waals surface area contributed by atoms with Crippen LogP contribution in [-0.2, 0) is 5.54 Å². The highest BCUT2D eigenvalue weighted by molar-refractivity contribution is 8.00. The van der Waals surface area contributed by atoms with Gasteiger partial charge >= 0.3 is 5.97 Å². The second kappa shape index (κ2) is 4.65. The van der Waals surface area contributed by atoms with Crippen LogP contribution < -0.4 is 0 Å². The van der Waals surface area contributed by atoms with E-state index in [9.17, 15) is 4.79 Å². The van der Waals surface area contributed by atoms with Gasteiger partial charge in [0.1, 0.15) is 4.88 Å². The summed E-state index contributed by atoms with van der Waals surface area (Å²) in [5.41, 5.74) is -0.237. The minimum Gasteiger partial charge on any atom is -0.477 e. The van der Waals surface area contributed by atoms with Crippen molar-refractivity contribution in [2.75, 3.05) is 0 Å². The van der Waals surface area contributed by atoms with Crippen molar-refractivity contribution < 1.29 is 9.90 Å². The van der Waals surface area contributed by atoms with Crippen molar-refractivity contribution >= 4 is 29.1 Å². The van der Waals surface area contributed by atoms with Gasteiger partial charge in [0.05, 0.1) is 11.7 Å². The van der Waals surface area contributed by atoms with Crippen LogP contribution in [0.5, 0.6) is 0 Å². The van der Waals surface area contributed by atoms with Gasteiger partial charge in [-0.15, -0.1) is 16.4 Å². The molecule has 2 heterocycles. The van der Waals surface area contributed by atoms with Gasteiger partial charge in [0.2, 0.25) is 5.16 Å². The summed E-state index contributed by atoms with van der Waals surface area (Å²) in [7, 11) is 0. The molecule has 0 atom stereocenters. The first-order chi connectivity index (χ1) is 8.38. The maximum Gasteiger partial charge on any atom is 0.347 e. The van der Waals surface area contributed by atoms with Gasteiger partial charge in [-0.25, -0.2) is 14.5 Å². The molecule has 2 rings (SSSR count). The number of tetrazole rings is 1. The van der Waals surface area contributed by atoms with Gasteiger partial charge in [0.25, 0.3) is 0 Å². The van der Waals surface area contributed by atoms with Crippen LogP contribution in [-0.4, -0.2) is 36.3 Å². The van der Waals surface area contributed by atoms with Gasteiger partial charge in [0.15, 0.2) is 4.34 Å². The third-order valence-electron chi connectivity index (χ3n) is 1.95. The van der Waals surface area contributed by atoms with E-state index in [4.69, 9.17) is 5.11 Å². The molecule has 96 valence electrons. The molecule has 0 saturated carbocycles. The van der Waals surface area contributed by atoms with E-state index in [1.54, 1.807) is 4.68 Å². The topological polar surface area (TPSA) is 93.8 Å². The van der Waals surface area contributed by atoms with Crippen molar-refractivity contribution in [1.29, 1.82) is 0 Å². The number of carbonyl (C=O) groups is 1. The Labute approximate surface area is 111 Å². The van der Waals surface area contributed by atoms with E-state index in [-0.39, 0.29) is 10.4 Å². The molecule has 9 heteroatoms. The zero-order valence-electron chi connectivity index (χ0n) is 9.99. The molecule has 2 aromatic rings. The van der Waals surface area contributed by atoms with E-state index in [1.165, 1.54) is 18.0 Å². The normalized spacial score (nSPS) is 11.7. The number of nitrogens with zero attached hydrogens (tertiary/aromatic N) is 5. The predicted molar refractivity (Wildman–Crippen MR) is 66.0 cm³/mol. The van der Waals surface area contributed by atoms with Crippen molar-refractivity contribution in [3.05, 3.63) is 11.1 Å². The summed E-state index contributed by atoms with van der Waals surface area (Å²) in [5.74, 6) is -0.977. The molecule has 0 spiro atoms. The van der Waals surface area contributed by atoms with Crippen LogP contribution in [0.15, 0.2) is 15.7 Å². The Kier molecular flexibility index (Phi) is 3.35. The molecule has 0 aliphatic carbocycles. The number of rotatable bonds is 3. The summed E-state index contributed by atoms with van der Waals surface area (Å²) in [6.07, 6.45) is 1.33. The average molecular weight is 285 g/mol. The Morgan fingerprint density at radius 3 is 2.78 bits per heavy atom. The summed E-state index contributed by atoms with van der Waals surface area (Å²) in [6, 6.07) is 0. The first-order valence-corrected chi connectivity index (χ1v) is 6.67. The summed E-state index contributed by atoms with van der Waals surface area (Å²) in [5, 5.41) is 20.9. The monoisotopic (exact) mass is 285 g/mol. The number of carboxylic acids is 1. The second-order valence-electron chi connectivity index (χ2n) is 4.44. The van der Waals surface area contributed by atoms with Gasteiger partial charge in [-0.05, 0) is 43.0 Å². The Morgan fingerprint density at radius 1 is 1.50 bits per heavy atom. The van der Waals surface area contributed by atoms with Crippen LogP contribution >= 0.6 is 23.1 Å². The number of hydrogen-bond acceptors (Lipinski definition) is 7. The van der Waals surface area contributed by atoms with Gasteiger partial charge < -0.3 is 5.11 Å². The smallest absolute Gasteiger partial charge is 0.347 e. The summed E-state index contributed by atoms with van der Waals surface area (Å²) in [6.45, 7) is 5.95. The first kappa shape index (κ1) is 13.0. The highest BCUT2D eigenvalue weighted by atomic mass is 32.2. The Morgan fingerprint density at radius 2 is 2.22 bits per heavy atom. The van der Waals surface area contributed by atoms with Crippen molar-refractivity contribution in [3.63, 3.8) is 0 Å². The summed E-state index contributed by atoms with van der Waals surface area (Å²) in [4.78, 5) is 15.0. The third-order valence-corrected chi connectivity index (χ3v) is 3.95. The lowest BCUT2D eigenvalue weighted by Crippen LogP contribution is -2.24. The molecule has 0 radical (unpaired) electrons. The van der Waals surface area contributed by atoms with Crippen molar-refractivity contribution in [1.82, 2.24) is 25.2 Å². The second-order valence-corrected chi connectivity index (χ2v) is 6.69. The molecule has 2 aromatic heterocycles. The molecule has 1 N–H and O–H groups in total. The van der Waals surface area contributed by atoms with Gasteiger partial charge in [0, 0.05) is 0 Å². The van der Waals surface area contributed by atoms with Crippen LogP contribution in [0, 0.1) is 0 Å². The summed E-state index contributed by atoms with van der Waals surface area (Å²) >= 11 is 2.36. The van der Waals surface area contributed by atoms with Crippen molar-refractivity contribution in [2.45, 2.75) is 35.8 Å². The van der Waals surface area contributed by atoms with E-state index in [0.717, 1.165) is 11.3 Å². The van der Waals surface area contributed by atoms with Crippen molar-refractivity contribution in [3.8, 4) is 0 Å². The van der Waals surface area contributed by atoms with Crippen LogP contribution in [0.25, 0.3) is 0 Å². The Bertz CT molecular complexity index is 572. The molecule has 0 aliphatic rings. The first-order valence-electron chi connectivity index (χ1n) is 5.04. The average Bonchev–Trinajstić information content (AvgIpc) is 2.85. The van der Waals surface area contributed by atoms with Crippen LogP contribution in [0.2, 0.25) is 0 Å². The molecule has 18 heavy (non-hydrogen) atoms. The number of carboxylic acid groups (broad SMARTS) is 1. The maximum atomic E-state index is 10.8. The van der Waals surface area contributed by atoms with Crippen LogP contribution in [0.1, 0.15) is 30.4 Å². The molecule has 0 amide bonds. The van der Waals surface area contributed by atoms with E-state index < -0.39 is 5.97 Å². The fourth-order valence-corrected chi connectivity index (χ4v) is 3.03. The molecular formula is C9H11N5O2S2. The molecular weight excluding hydrogens is 274 g/mol. The fourth-order valence-electron chi connectivity index (χ4n) is 1.15. The molecule has 7 nitrogen and oxygen atoms in total. The molecule has 0 fully saturated rings. The predicted octanol–water partition coefficient (Wildman–Crippen LogP) is 1.73. The van der Waals surface area contributed by atoms with Crippen LogP contribution in [0.3, 0.4) is 0 Å². The fraction of sp³-hybridized carbons (Fsp3) is 0.444. The largest absolute Gasteiger partial charge is 0.477 e. The minimum absolute atomic E-state index is 0.201. The number of thiazole rings is 1. The van der Waals surface area contributed by atoms with Gasteiger partial charge in [-0.1, -0.05) is 0 Å². The highest BCUT2D eigenvalue weighted by Gasteiger charge is 2.21. The third kappa shape index (κ3) is 2.67. The SMILES string of the molecule is CC(C)(C)n1nnnc1Sc1ncc(C(=O)O)s1. The van der Waals surface area contributed by atoms with E-state index >= 15 is 0 Å². The lowest BCUT2D eigenvalue weighted by atomic mass is 10.1. The van der Waals surface area contributed by atoms with Gasteiger partial charge in [-0.2, -0.15) is 0 Å². The number of aromatic carboxylic acids is 1. The molecule has 0 aromatic carbocycles. The molecule has 0 bridgehead atoms. The maximum absolute atomic E-state index is 10.8. The standard InChI is InChI=1S/C9H11N5O2S2/c1-9(2,3)14-7(11-12-13-14)18-8-10-4-5(17-8)6(15)16/h4H,1-3H3,(H,15,16). The lowest BCUT2D eigenvalue weighted by molar-refractivity contribution is 0.0702. The Hall–Kier alpha value is -1.48. The van der Waals surface area contributed by atoms with Crippen LogP contribution in [0.4, 0.5) is 0 Å². The van der Waals surface area contributed by atoms with E-state index in [0.29, 0.717) is 9.50 Å². The molecule has 0 saturated heterocycles. The zero-order chi connectivity index (χ0) is 13.3. The minimum atomic E-state index is -0.977. The van der Waals surface area contributed by atoms with Gasteiger partial charge in [-0.3, -0.25) is 0 Å². The lowest BCUT2D eigenvalue weighted by Gasteiger charge is -2.18. The highest BCUT2D eigenvalue weighted by Crippen LogP contribution is 2.31. The molecule has 0 aliphatic heterocycles.